The van der Waals surface area contributed by atoms with Crippen LogP contribution in [0, 0.1) is 12.7 Å². The Kier molecular flexibility index (Phi) is 6.79. The van der Waals surface area contributed by atoms with Crippen molar-refractivity contribution in [3.05, 3.63) is 78.0 Å². The van der Waals surface area contributed by atoms with Gasteiger partial charge in [0.15, 0.2) is 6.04 Å². The van der Waals surface area contributed by atoms with Crippen LogP contribution in [-0.4, -0.2) is 32.9 Å². The van der Waals surface area contributed by atoms with E-state index in [4.69, 9.17) is 4.42 Å². The van der Waals surface area contributed by atoms with Crippen molar-refractivity contribution in [3.8, 4) is 0 Å². The number of hydrogen-bond acceptors (Lipinski definition) is 5. The molecule has 1 fully saturated rings. The van der Waals surface area contributed by atoms with Crippen LogP contribution in [0.3, 0.4) is 0 Å². The van der Waals surface area contributed by atoms with Gasteiger partial charge in [-0.1, -0.05) is 36.6 Å². The van der Waals surface area contributed by atoms with Crippen molar-refractivity contribution in [2.45, 2.75) is 57.7 Å². The van der Waals surface area contributed by atoms with E-state index in [1.807, 2.05) is 24.3 Å². The lowest BCUT2D eigenvalue weighted by atomic mass is 9.95. The first kappa shape index (κ1) is 23.7. The molecule has 1 saturated carbocycles. The number of rotatable bonds is 7. The van der Waals surface area contributed by atoms with E-state index >= 15 is 0 Å². The second-order valence-electron chi connectivity index (χ2n) is 9.17. The van der Waals surface area contributed by atoms with Gasteiger partial charge >= 0.3 is 0 Å². The quantitative estimate of drug-likeness (QED) is 0.406. The highest BCUT2D eigenvalue weighted by Gasteiger charge is 2.36. The molecule has 2 aromatic carbocycles. The van der Waals surface area contributed by atoms with Gasteiger partial charge in [-0.3, -0.25) is 14.5 Å². The molecule has 9 heteroatoms. The highest BCUT2D eigenvalue weighted by Crippen LogP contribution is 2.31. The van der Waals surface area contributed by atoms with Gasteiger partial charge in [-0.2, -0.15) is 0 Å². The number of anilines is 1. The van der Waals surface area contributed by atoms with Gasteiger partial charge in [-0.15, -0.1) is 5.10 Å². The normalized spacial score (nSPS) is 15.1. The summed E-state index contributed by atoms with van der Waals surface area (Å²) >= 11 is 0. The first-order valence-corrected chi connectivity index (χ1v) is 12.2. The van der Waals surface area contributed by atoms with Gasteiger partial charge < -0.3 is 9.73 Å². The predicted molar refractivity (Wildman–Crippen MR) is 133 cm³/mol. The van der Waals surface area contributed by atoms with Crippen molar-refractivity contribution in [3.63, 3.8) is 0 Å². The SMILES string of the molecule is Cc1ccc(C(C(=O)NC2CCCCC2)N(C(=O)Cn2nnc3ccccc32)c2ccc(F)cc2)o1. The molecule has 0 radical (unpaired) electrons. The Labute approximate surface area is 208 Å². The zero-order chi connectivity index (χ0) is 25.1. The Morgan fingerprint density at radius 1 is 1.08 bits per heavy atom. The third-order valence-corrected chi connectivity index (χ3v) is 6.57. The number of furan rings is 1. The Morgan fingerprint density at radius 3 is 2.56 bits per heavy atom. The predicted octanol–water partition coefficient (Wildman–Crippen LogP) is 4.70. The Morgan fingerprint density at radius 2 is 1.83 bits per heavy atom. The maximum atomic E-state index is 13.9. The summed E-state index contributed by atoms with van der Waals surface area (Å²) in [6.45, 7) is 1.62. The van der Waals surface area contributed by atoms with Gasteiger partial charge in [0.2, 0.25) is 5.91 Å². The van der Waals surface area contributed by atoms with Gasteiger partial charge in [0.1, 0.15) is 29.4 Å². The number of carbonyl (C=O) groups excluding carboxylic acids is 2. The number of benzene rings is 2. The highest BCUT2D eigenvalue weighted by atomic mass is 19.1. The second-order valence-corrected chi connectivity index (χ2v) is 9.17. The fourth-order valence-corrected chi connectivity index (χ4v) is 4.78. The van der Waals surface area contributed by atoms with E-state index in [1.165, 1.54) is 33.8 Å². The molecule has 1 aliphatic rings. The summed E-state index contributed by atoms with van der Waals surface area (Å²) in [5.74, 6) is -0.228. The van der Waals surface area contributed by atoms with Crippen molar-refractivity contribution in [2.75, 3.05) is 4.90 Å². The molecule has 1 unspecified atom stereocenters. The van der Waals surface area contributed by atoms with Crippen LogP contribution in [0.2, 0.25) is 0 Å². The monoisotopic (exact) mass is 489 g/mol. The summed E-state index contributed by atoms with van der Waals surface area (Å²) in [5, 5.41) is 11.4. The third-order valence-electron chi connectivity index (χ3n) is 6.57. The van der Waals surface area contributed by atoms with E-state index in [-0.39, 0.29) is 18.5 Å². The summed E-state index contributed by atoms with van der Waals surface area (Å²) in [5.41, 5.74) is 1.73. The molecule has 5 rings (SSSR count). The number of hydrogen-bond donors (Lipinski definition) is 1. The summed E-state index contributed by atoms with van der Waals surface area (Å²) in [6, 6.07) is 15.3. The molecule has 36 heavy (non-hydrogen) atoms. The van der Waals surface area contributed by atoms with Gasteiger partial charge in [-0.25, -0.2) is 9.07 Å². The third kappa shape index (κ3) is 5.00. The van der Waals surface area contributed by atoms with E-state index in [1.54, 1.807) is 19.1 Å². The van der Waals surface area contributed by atoms with Gasteiger partial charge in [0.05, 0.1) is 5.52 Å². The van der Waals surface area contributed by atoms with Crippen molar-refractivity contribution in [2.24, 2.45) is 0 Å². The maximum absolute atomic E-state index is 13.9. The topological polar surface area (TPSA) is 93.3 Å². The fourth-order valence-electron chi connectivity index (χ4n) is 4.78. The van der Waals surface area contributed by atoms with Crippen molar-refractivity contribution >= 4 is 28.5 Å². The van der Waals surface area contributed by atoms with Crippen molar-refractivity contribution in [1.82, 2.24) is 20.3 Å². The molecule has 0 aliphatic heterocycles. The number of carbonyl (C=O) groups is 2. The lowest BCUT2D eigenvalue weighted by Crippen LogP contribution is -2.48. The van der Waals surface area contributed by atoms with Crippen LogP contribution in [-0.2, 0) is 16.1 Å². The number of amides is 2. The molecule has 2 amide bonds. The van der Waals surface area contributed by atoms with Crippen LogP contribution in [0.25, 0.3) is 11.0 Å². The van der Waals surface area contributed by atoms with Crippen LogP contribution < -0.4 is 10.2 Å². The summed E-state index contributed by atoms with van der Waals surface area (Å²) in [4.78, 5) is 29.0. The van der Waals surface area contributed by atoms with Crippen LogP contribution in [0.1, 0.15) is 49.7 Å². The number of fused-ring (bicyclic) bond motifs is 1. The Hall–Kier alpha value is -4.01. The van der Waals surface area contributed by atoms with Crippen LogP contribution in [0.15, 0.2) is 65.1 Å². The number of nitrogens with one attached hydrogen (secondary N) is 1. The Bertz CT molecular complexity index is 1360. The molecular formula is C27H28FN5O3. The van der Waals surface area contributed by atoms with Crippen LogP contribution >= 0.6 is 0 Å². The van der Waals surface area contributed by atoms with Crippen LogP contribution in [0.5, 0.6) is 0 Å². The smallest absolute Gasteiger partial charge is 0.251 e. The standard InChI is InChI=1S/C27H28FN5O3/c1-18-11-16-24(36-18)26(27(35)29-20-7-3-2-4-8-20)33(21-14-12-19(28)13-15-21)25(34)17-32-23-10-6-5-9-22(23)30-31-32/h5-6,9-16,20,26H,2-4,7-8,17H2,1H3,(H,29,35). The molecule has 1 aliphatic carbocycles. The van der Waals surface area contributed by atoms with E-state index < -0.39 is 17.8 Å². The minimum absolute atomic E-state index is 0.0363. The van der Waals surface area contributed by atoms with Crippen molar-refractivity contribution in [1.29, 1.82) is 0 Å². The molecule has 1 N–H and O–H groups in total. The van der Waals surface area contributed by atoms with E-state index in [9.17, 15) is 14.0 Å². The zero-order valence-electron chi connectivity index (χ0n) is 20.1. The molecule has 2 heterocycles. The summed E-state index contributed by atoms with van der Waals surface area (Å²) in [6.07, 6.45) is 5.04. The lowest BCUT2D eigenvalue weighted by molar-refractivity contribution is -0.128. The second kappa shape index (κ2) is 10.3. The molecule has 186 valence electrons. The molecule has 8 nitrogen and oxygen atoms in total. The number of aromatic nitrogens is 3. The summed E-state index contributed by atoms with van der Waals surface area (Å²) in [7, 11) is 0. The molecule has 0 bridgehead atoms. The highest BCUT2D eigenvalue weighted by molar-refractivity contribution is 6.01. The number of aryl methyl sites for hydroxylation is 1. The molecule has 4 aromatic rings. The minimum atomic E-state index is -1.08. The van der Waals surface area contributed by atoms with E-state index in [0.29, 0.717) is 28.2 Å². The molecule has 2 aromatic heterocycles. The first-order chi connectivity index (χ1) is 17.5. The van der Waals surface area contributed by atoms with Gasteiger partial charge in [0, 0.05) is 11.7 Å². The maximum Gasteiger partial charge on any atom is 0.251 e. The lowest BCUT2D eigenvalue weighted by Gasteiger charge is -2.32. The van der Waals surface area contributed by atoms with Crippen LogP contribution in [0.4, 0.5) is 10.1 Å². The zero-order valence-corrected chi connectivity index (χ0v) is 20.1. The molecular weight excluding hydrogens is 461 g/mol. The summed E-state index contributed by atoms with van der Waals surface area (Å²) < 4.78 is 21.2. The average Bonchev–Trinajstić information content (AvgIpc) is 3.50. The van der Waals surface area contributed by atoms with E-state index in [0.717, 1.165) is 32.1 Å². The fraction of sp³-hybridized carbons (Fsp3) is 0.333. The van der Waals surface area contributed by atoms with Gasteiger partial charge in [-0.05, 0) is 68.3 Å². The van der Waals surface area contributed by atoms with E-state index in [2.05, 4.69) is 15.6 Å². The van der Waals surface area contributed by atoms with Crippen molar-refractivity contribution < 1.29 is 18.4 Å². The van der Waals surface area contributed by atoms with Gasteiger partial charge in [0.25, 0.3) is 5.91 Å². The molecule has 0 saturated heterocycles. The number of halogens is 1. The Balaban J connectivity index is 1.53. The number of nitrogens with zero attached hydrogens (tertiary/aromatic N) is 4. The largest absolute Gasteiger partial charge is 0.464 e. The molecule has 0 spiro atoms. The molecule has 1 atom stereocenters. The minimum Gasteiger partial charge on any atom is -0.464 e. The first-order valence-electron chi connectivity index (χ1n) is 12.2. The average molecular weight is 490 g/mol. The number of para-hydroxylation sites is 1.